The number of rotatable bonds is 3. The predicted octanol–water partition coefficient (Wildman–Crippen LogP) is 0.0587. The Labute approximate surface area is 97.6 Å². The lowest BCUT2D eigenvalue weighted by atomic mass is 10.2. The highest BCUT2D eigenvalue weighted by atomic mass is 32.2. The molecule has 0 spiro atoms. The molecule has 2 aliphatic heterocycles. The van der Waals surface area contributed by atoms with Crippen LogP contribution < -0.4 is 10.1 Å². The van der Waals surface area contributed by atoms with Gasteiger partial charge in [-0.15, -0.1) is 4.83 Å². The lowest BCUT2D eigenvalue weighted by Crippen LogP contribution is -2.50. The minimum absolute atomic E-state index is 0.212. The van der Waals surface area contributed by atoms with Gasteiger partial charge in [0.1, 0.15) is 0 Å². The molecular weight excluding hydrogens is 226 g/mol. The van der Waals surface area contributed by atoms with Crippen molar-refractivity contribution < 1.29 is 8.42 Å². The van der Waals surface area contributed by atoms with Crippen LogP contribution in [0.25, 0.3) is 0 Å². The van der Waals surface area contributed by atoms with Crippen molar-refractivity contribution in [1.82, 2.24) is 15.2 Å². The normalized spacial score (nSPS) is 25.8. The SMILES string of the molecule is O=S(=O)(NN1CCCCC1)C1CCNCC1. The van der Waals surface area contributed by atoms with Gasteiger partial charge in [-0.1, -0.05) is 6.42 Å². The third-order valence-corrected chi connectivity index (χ3v) is 5.20. The summed E-state index contributed by atoms with van der Waals surface area (Å²) in [5, 5.41) is 4.83. The second-order valence-corrected chi connectivity index (χ2v) is 6.57. The molecule has 0 saturated carbocycles. The highest BCUT2D eigenvalue weighted by molar-refractivity contribution is 7.90. The Kier molecular flexibility index (Phi) is 4.18. The molecule has 5 nitrogen and oxygen atoms in total. The fourth-order valence-corrected chi connectivity index (χ4v) is 3.89. The molecule has 0 aromatic rings. The van der Waals surface area contributed by atoms with Crippen molar-refractivity contribution in [3.63, 3.8) is 0 Å². The molecule has 2 aliphatic rings. The van der Waals surface area contributed by atoms with Crippen LogP contribution in [0.4, 0.5) is 0 Å². The molecule has 2 saturated heterocycles. The van der Waals surface area contributed by atoms with Gasteiger partial charge in [-0.25, -0.2) is 13.4 Å². The first-order valence-electron chi connectivity index (χ1n) is 6.15. The van der Waals surface area contributed by atoms with Crippen LogP contribution in [0.15, 0.2) is 0 Å². The summed E-state index contributed by atoms with van der Waals surface area (Å²) in [6.45, 7) is 3.32. The Morgan fingerprint density at radius 1 is 1.06 bits per heavy atom. The standard InChI is InChI=1S/C10H21N3O2S/c14-16(15,10-4-6-11-7-5-10)12-13-8-2-1-3-9-13/h10-12H,1-9H2. The van der Waals surface area contributed by atoms with E-state index < -0.39 is 10.0 Å². The van der Waals surface area contributed by atoms with Gasteiger partial charge in [0.25, 0.3) is 0 Å². The zero-order chi connectivity index (χ0) is 11.4. The highest BCUT2D eigenvalue weighted by Crippen LogP contribution is 2.14. The van der Waals surface area contributed by atoms with Crippen LogP contribution in [0.3, 0.4) is 0 Å². The first-order chi connectivity index (χ1) is 7.68. The first-order valence-corrected chi connectivity index (χ1v) is 7.70. The van der Waals surface area contributed by atoms with E-state index >= 15 is 0 Å². The molecule has 94 valence electrons. The lowest BCUT2D eigenvalue weighted by molar-refractivity contribution is 0.198. The predicted molar refractivity (Wildman–Crippen MR) is 63.4 cm³/mol. The van der Waals surface area contributed by atoms with Gasteiger partial charge in [-0.05, 0) is 38.8 Å². The summed E-state index contributed by atoms with van der Waals surface area (Å²) in [5.74, 6) is 0. The summed E-state index contributed by atoms with van der Waals surface area (Å²) in [4.78, 5) is 2.74. The molecule has 0 aromatic carbocycles. The number of piperidine rings is 2. The first kappa shape index (κ1) is 12.3. The number of nitrogens with zero attached hydrogens (tertiary/aromatic N) is 1. The van der Waals surface area contributed by atoms with Gasteiger partial charge in [-0.3, -0.25) is 0 Å². The third kappa shape index (κ3) is 3.16. The molecule has 0 atom stereocenters. The molecule has 16 heavy (non-hydrogen) atoms. The average molecular weight is 247 g/mol. The van der Waals surface area contributed by atoms with Crippen LogP contribution in [0.2, 0.25) is 0 Å². The van der Waals surface area contributed by atoms with E-state index in [0.29, 0.717) is 0 Å². The largest absolute Gasteiger partial charge is 0.317 e. The summed E-state index contributed by atoms with van der Waals surface area (Å²) >= 11 is 0. The van der Waals surface area contributed by atoms with Gasteiger partial charge in [0.15, 0.2) is 0 Å². The smallest absolute Gasteiger partial charge is 0.227 e. The van der Waals surface area contributed by atoms with Crippen molar-refractivity contribution in [2.24, 2.45) is 0 Å². The average Bonchev–Trinajstić information content (AvgIpc) is 2.31. The minimum Gasteiger partial charge on any atom is -0.317 e. The van der Waals surface area contributed by atoms with Crippen LogP contribution in [0, 0.1) is 0 Å². The molecule has 0 amide bonds. The van der Waals surface area contributed by atoms with Crippen LogP contribution in [-0.2, 0) is 10.0 Å². The van der Waals surface area contributed by atoms with E-state index in [9.17, 15) is 8.42 Å². The van der Waals surface area contributed by atoms with Gasteiger partial charge in [-0.2, -0.15) is 0 Å². The summed E-state index contributed by atoms with van der Waals surface area (Å²) in [6, 6.07) is 0. The Morgan fingerprint density at radius 2 is 1.69 bits per heavy atom. The monoisotopic (exact) mass is 247 g/mol. The third-order valence-electron chi connectivity index (χ3n) is 3.34. The Morgan fingerprint density at radius 3 is 2.31 bits per heavy atom. The second-order valence-electron chi connectivity index (χ2n) is 4.63. The summed E-state index contributed by atoms with van der Waals surface area (Å²) in [7, 11) is -3.15. The van der Waals surface area contributed by atoms with Crippen molar-refractivity contribution in [2.45, 2.75) is 37.4 Å². The van der Waals surface area contributed by atoms with Crippen molar-refractivity contribution in [3.8, 4) is 0 Å². The van der Waals surface area contributed by atoms with Gasteiger partial charge in [0.05, 0.1) is 5.25 Å². The molecule has 0 aliphatic carbocycles. The summed E-state index contributed by atoms with van der Waals surface area (Å²) in [5.41, 5.74) is 0. The van der Waals surface area contributed by atoms with E-state index in [1.807, 2.05) is 5.01 Å². The molecule has 2 fully saturated rings. The molecule has 0 unspecified atom stereocenters. The van der Waals surface area contributed by atoms with Crippen LogP contribution in [0.1, 0.15) is 32.1 Å². The van der Waals surface area contributed by atoms with E-state index in [4.69, 9.17) is 0 Å². The lowest BCUT2D eigenvalue weighted by Gasteiger charge is -2.30. The van der Waals surface area contributed by atoms with Crippen LogP contribution in [-0.4, -0.2) is 44.9 Å². The van der Waals surface area contributed by atoms with E-state index in [0.717, 1.165) is 51.9 Å². The summed E-state index contributed by atoms with van der Waals surface area (Å²) < 4.78 is 24.1. The number of nitrogens with one attached hydrogen (secondary N) is 2. The Bertz CT molecular complexity index is 306. The molecule has 0 radical (unpaired) electrons. The maximum Gasteiger partial charge on any atom is 0.227 e. The zero-order valence-electron chi connectivity index (χ0n) is 9.61. The van der Waals surface area contributed by atoms with E-state index in [2.05, 4.69) is 10.1 Å². The maximum absolute atomic E-state index is 12.1. The molecule has 0 bridgehead atoms. The molecule has 2 rings (SSSR count). The van der Waals surface area contributed by atoms with Crippen LogP contribution in [0.5, 0.6) is 0 Å². The van der Waals surface area contributed by atoms with Crippen LogP contribution >= 0.6 is 0 Å². The zero-order valence-corrected chi connectivity index (χ0v) is 10.4. The van der Waals surface area contributed by atoms with Crippen molar-refractivity contribution >= 4 is 10.0 Å². The number of hydrazine groups is 1. The quantitative estimate of drug-likeness (QED) is 0.740. The molecule has 2 N–H and O–H groups in total. The van der Waals surface area contributed by atoms with E-state index in [1.165, 1.54) is 6.42 Å². The van der Waals surface area contributed by atoms with Gasteiger partial charge < -0.3 is 5.32 Å². The van der Waals surface area contributed by atoms with Crippen molar-refractivity contribution in [3.05, 3.63) is 0 Å². The highest BCUT2D eigenvalue weighted by Gasteiger charge is 2.28. The summed E-state index contributed by atoms with van der Waals surface area (Å²) in [6.07, 6.45) is 4.85. The molecular formula is C10H21N3O2S. The van der Waals surface area contributed by atoms with Gasteiger partial charge in [0.2, 0.25) is 10.0 Å². The van der Waals surface area contributed by atoms with Crippen molar-refractivity contribution in [1.29, 1.82) is 0 Å². The Hall–Kier alpha value is -0.170. The number of sulfonamides is 1. The topological polar surface area (TPSA) is 61.4 Å². The van der Waals surface area contributed by atoms with E-state index in [1.54, 1.807) is 0 Å². The van der Waals surface area contributed by atoms with Gasteiger partial charge >= 0.3 is 0 Å². The molecule has 6 heteroatoms. The number of hydrogen-bond acceptors (Lipinski definition) is 4. The van der Waals surface area contributed by atoms with Gasteiger partial charge in [0, 0.05) is 13.1 Å². The fraction of sp³-hybridized carbons (Fsp3) is 1.00. The van der Waals surface area contributed by atoms with E-state index in [-0.39, 0.29) is 5.25 Å². The fourth-order valence-electron chi connectivity index (χ4n) is 2.35. The molecule has 0 aromatic heterocycles. The maximum atomic E-state index is 12.1. The number of hydrogen-bond donors (Lipinski definition) is 2. The second kappa shape index (κ2) is 5.44. The minimum atomic E-state index is -3.15. The molecule has 2 heterocycles. The van der Waals surface area contributed by atoms with Crippen molar-refractivity contribution in [2.75, 3.05) is 26.2 Å². The Balaban J connectivity index is 1.90.